The lowest BCUT2D eigenvalue weighted by molar-refractivity contribution is 0.235. The topological polar surface area (TPSA) is 9.23 Å². The maximum atomic E-state index is 5.58. The first kappa shape index (κ1) is 20.8. The highest BCUT2D eigenvalue weighted by molar-refractivity contribution is 6.69. The van der Waals surface area contributed by atoms with Crippen LogP contribution in [0.5, 0.6) is 0 Å². The molecule has 0 heterocycles. The molecule has 0 aromatic rings. The lowest BCUT2D eigenvalue weighted by Crippen LogP contribution is -2.28. The molecule has 0 radical (unpaired) electrons. The zero-order valence-electron chi connectivity index (χ0n) is 12.8. The highest BCUT2D eigenvalue weighted by Crippen LogP contribution is 2.05. The molecule has 0 fully saturated rings. The molecule has 96 valence electrons. The van der Waals surface area contributed by atoms with Crippen molar-refractivity contribution in [3.8, 4) is 0 Å². The second-order valence-corrected chi connectivity index (χ2v) is 13.6. The molecule has 0 aliphatic heterocycles. The van der Waals surface area contributed by atoms with Crippen molar-refractivity contribution in [3.05, 3.63) is 0 Å². The third-order valence-corrected chi connectivity index (χ3v) is 1.77. The van der Waals surface area contributed by atoms with E-state index >= 15 is 0 Å². The number of hydrogen-bond acceptors (Lipinski definition) is 1. The van der Waals surface area contributed by atoms with Crippen molar-refractivity contribution in [1.29, 1.82) is 0 Å². The minimum atomic E-state index is -1.22. The molecule has 0 unspecified atom stereocenters. The molecular formula is C12H34OSi2. The van der Waals surface area contributed by atoms with Crippen LogP contribution in [-0.4, -0.2) is 23.2 Å². The smallest absolute Gasteiger partial charge is 0.184 e. The predicted octanol–water partition coefficient (Wildman–Crippen LogP) is 4.77. The molecule has 0 saturated heterocycles. The Hall–Kier alpha value is 0.394. The van der Waals surface area contributed by atoms with E-state index < -0.39 is 8.32 Å². The Morgan fingerprint density at radius 2 is 1.20 bits per heavy atom. The fourth-order valence-electron chi connectivity index (χ4n) is 0.707. The summed E-state index contributed by atoms with van der Waals surface area (Å²) in [5, 5.41) is 0. The van der Waals surface area contributed by atoms with Crippen LogP contribution in [-0.2, 0) is 4.43 Å². The van der Waals surface area contributed by atoms with E-state index in [2.05, 4.69) is 67.0 Å². The van der Waals surface area contributed by atoms with Crippen LogP contribution in [0.2, 0.25) is 39.3 Å². The number of rotatable bonds is 2. The van der Waals surface area contributed by atoms with E-state index in [1.807, 2.05) is 0 Å². The molecule has 0 aliphatic carbocycles. The van der Waals surface area contributed by atoms with Crippen LogP contribution in [0.4, 0.5) is 0 Å². The van der Waals surface area contributed by atoms with E-state index in [9.17, 15) is 0 Å². The summed E-state index contributed by atoms with van der Waals surface area (Å²) < 4.78 is 5.58. The monoisotopic (exact) mass is 250 g/mol. The van der Waals surface area contributed by atoms with Gasteiger partial charge in [0.15, 0.2) is 8.32 Å². The standard InChI is InChI=1S/C6H16OSi.C3H10Si.C3H8/c1-6(2)7-8(3,4)5;1-4(2)3;1-3-2/h6H,1-5H3;4H,1-3H3;3H2,1-2H3. The van der Waals surface area contributed by atoms with Crippen molar-refractivity contribution in [2.24, 2.45) is 0 Å². The average molecular weight is 251 g/mol. The Morgan fingerprint density at radius 1 is 1.00 bits per heavy atom. The zero-order chi connectivity index (χ0) is 13.1. The van der Waals surface area contributed by atoms with Gasteiger partial charge in [-0.3, -0.25) is 0 Å². The Morgan fingerprint density at radius 3 is 1.20 bits per heavy atom. The van der Waals surface area contributed by atoms with Gasteiger partial charge in [-0.2, -0.15) is 0 Å². The maximum absolute atomic E-state index is 5.58. The Balaban J connectivity index is -0.000000173. The molecule has 0 saturated carbocycles. The van der Waals surface area contributed by atoms with Crippen LogP contribution >= 0.6 is 0 Å². The third kappa shape index (κ3) is 76.0. The van der Waals surface area contributed by atoms with Crippen molar-refractivity contribution in [2.75, 3.05) is 0 Å². The van der Waals surface area contributed by atoms with Gasteiger partial charge in [-0.25, -0.2) is 0 Å². The first-order valence-corrected chi connectivity index (χ1v) is 13.1. The Bertz CT molecular complexity index is 104. The van der Waals surface area contributed by atoms with Crippen molar-refractivity contribution in [2.45, 2.75) is 79.5 Å². The van der Waals surface area contributed by atoms with Crippen LogP contribution < -0.4 is 0 Å². The van der Waals surface area contributed by atoms with Crippen molar-refractivity contribution in [3.63, 3.8) is 0 Å². The maximum Gasteiger partial charge on any atom is 0.184 e. The molecule has 0 aliphatic rings. The molecule has 0 N–H and O–H groups in total. The molecule has 3 heteroatoms. The van der Waals surface area contributed by atoms with Crippen LogP contribution in [0.3, 0.4) is 0 Å². The molecule has 0 amide bonds. The zero-order valence-corrected chi connectivity index (χ0v) is 14.9. The van der Waals surface area contributed by atoms with Crippen LogP contribution in [0.1, 0.15) is 34.1 Å². The van der Waals surface area contributed by atoms with E-state index in [1.165, 1.54) is 6.42 Å². The lowest BCUT2D eigenvalue weighted by atomic mass is 10.5. The van der Waals surface area contributed by atoms with Crippen molar-refractivity contribution >= 4 is 17.1 Å². The summed E-state index contributed by atoms with van der Waals surface area (Å²) in [5.74, 6) is 0. The molecule has 0 atom stereocenters. The van der Waals surface area contributed by atoms with Gasteiger partial charge in [0, 0.05) is 14.9 Å². The van der Waals surface area contributed by atoms with Gasteiger partial charge in [-0.15, -0.1) is 0 Å². The van der Waals surface area contributed by atoms with Crippen molar-refractivity contribution < 1.29 is 4.43 Å². The van der Waals surface area contributed by atoms with Gasteiger partial charge in [-0.1, -0.05) is 39.9 Å². The first-order chi connectivity index (χ1) is 6.56. The normalized spacial score (nSPS) is 10.4. The van der Waals surface area contributed by atoms with Gasteiger partial charge in [0.05, 0.1) is 0 Å². The van der Waals surface area contributed by atoms with Gasteiger partial charge < -0.3 is 4.43 Å². The SMILES string of the molecule is CC(C)O[Si](C)(C)C.CCC.C[SiH](C)C. The summed E-state index contributed by atoms with van der Waals surface area (Å²) in [6.45, 7) is 21.9. The van der Waals surface area contributed by atoms with Crippen LogP contribution in [0.15, 0.2) is 0 Å². The third-order valence-electron chi connectivity index (χ3n) is 0.589. The minimum Gasteiger partial charge on any atom is -0.415 e. The molecule has 0 rings (SSSR count). The molecule has 15 heavy (non-hydrogen) atoms. The van der Waals surface area contributed by atoms with Gasteiger partial charge in [0.2, 0.25) is 0 Å². The van der Waals surface area contributed by atoms with Gasteiger partial charge in [-0.05, 0) is 33.5 Å². The Kier molecular flexibility index (Phi) is 17.3. The molecular weight excluding hydrogens is 216 g/mol. The first-order valence-electron chi connectivity index (χ1n) is 6.24. The van der Waals surface area contributed by atoms with E-state index in [0.717, 1.165) is 0 Å². The lowest BCUT2D eigenvalue weighted by Gasteiger charge is -2.19. The van der Waals surface area contributed by atoms with Gasteiger partial charge in [0.1, 0.15) is 0 Å². The summed E-state index contributed by atoms with van der Waals surface area (Å²) in [4.78, 5) is 0. The van der Waals surface area contributed by atoms with Gasteiger partial charge >= 0.3 is 0 Å². The highest BCUT2D eigenvalue weighted by Gasteiger charge is 2.14. The molecule has 0 aromatic heterocycles. The Labute approximate surface area is 101 Å². The van der Waals surface area contributed by atoms with Crippen LogP contribution in [0, 0.1) is 0 Å². The fourth-order valence-corrected chi connectivity index (χ4v) is 2.12. The molecule has 0 aromatic carbocycles. The largest absolute Gasteiger partial charge is 0.415 e. The van der Waals surface area contributed by atoms with Crippen molar-refractivity contribution in [1.82, 2.24) is 0 Å². The number of hydrogen-bond donors (Lipinski definition) is 0. The van der Waals surface area contributed by atoms with E-state index in [4.69, 9.17) is 4.43 Å². The second kappa shape index (κ2) is 12.5. The highest BCUT2D eigenvalue weighted by atomic mass is 28.4. The fraction of sp³-hybridized carbons (Fsp3) is 1.00. The predicted molar refractivity (Wildman–Crippen MR) is 80.3 cm³/mol. The second-order valence-electron chi connectivity index (χ2n) is 5.72. The molecule has 0 spiro atoms. The van der Waals surface area contributed by atoms with Crippen LogP contribution in [0.25, 0.3) is 0 Å². The summed E-state index contributed by atoms with van der Waals surface area (Å²) in [6.07, 6.45) is 1.65. The van der Waals surface area contributed by atoms with E-state index in [1.54, 1.807) is 0 Å². The van der Waals surface area contributed by atoms with Gasteiger partial charge in [0.25, 0.3) is 0 Å². The average Bonchev–Trinajstić information content (AvgIpc) is 1.79. The quantitative estimate of drug-likeness (QED) is 0.642. The summed E-state index contributed by atoms with van der Waals surface area (Å²) >= 11 is 0. The van der Waals surface area contributed by atoms with E-state index in [-0.39, 0.29) is 8.80 Å². The molecule has 1 nitrogen and oxygen atoms in total. The molecule has 0 bridgehead atoms. The summed E-state index contributed by atoms with van der Waals surface area (Å²) in [6, 6.07) is 0. The summed E-state index contributed by atoms with van der Waals surface area (Å²) in [7, 11) is -1.36. The minimum absolute atomic E-state index is 0.139. The van der Waals surface area contributed by atoms with E-state index in [0.29, 0.717) is 6.10 Å². The summed E-state index contributed by atoms with van der Waals surface area (Å²) in [5.41, 5.74) is 0.